The van der Waals surface area contributed by atoms with Crippen LogP contribution in [0.1, 0.15) is 17.4 Å². The number of amides is 1. The summed E-state index contributed by atoms with van der Waals surface area (Å²) in [6, 6.07) is 6.88. The molecule has 1 heterocycles. The van der Waals surface area contributed by atoms with Crippen LogP contribution in [0, 0.1) is 27.9 Å². The molecular weight excluding hydrogens is 474 g/mol. The quantitative estimate of drug-likeness (QED) is 0.443. The highest BCUT2D eigenvalue weighted by Gasteiger charge is 2.25. The van der Waals surface area contributed by atoms with E-state index < -0.39 is 29.4 Å². The maximum Gasteiger partial charge on any atom is 0.249 e. The lowest BCUT2D eigenvalue weighted by atomic mass is 10.0. The smallest absolute Gasteiger partial charge is 0.249 e. The zero-order chi connectivity index (χ0) is 19.6. The van der Waals surface area contributed by atoms with Crippen LogP contribution in [0.4, 0.5) is 18.9 Å². The Hall–Kier alpha value is -2.50. The summed E-state index contributed by atoms with van der Waals surface area (Å²) >= 11 is 1.53. The number of nitrogens with zero attached hydrogens (tertiary/aromatic N) is 4. The Morgan fingerprint density at radius 3 is 2.52 bits per heavy atom. The molecular formula is C17H13F3IN5O. The number of rotatable bonds is 5. The van der Waals surface area contributed by atoms with Crippen LogP contribution in [0.25, 0.3) is 0 Å². The first-order chi connectivity index (χ1) is 12.8. The zero-order valence-electron chi connectivity index (χ0n) is 14.0. The number of hydrogen-bond acceptors (Lipinski definition) is 4. The van der Waals surface area contributed by atoms with Crippen molar-refractivity contribution >= 4 is 34.2 Å². The van der Waals surface area contributed by atoms with Gasteiger partial charge in [0.15, 0.2) is 0 Å². The number of carbonyl (C=O) groups excluding carboxylic acids is 1. The van der Waals surface area contributed by atoms with E-state index in [-0.39, 0.29) is 15.7 Å². The Balaban J connectivity index is 1.90. The molecule has 2 aromatic carbocycles. The van der Waals surface area contributed by atoms with Crippen molar-refractivity contribution in [1.29, 1.82) is 0 Å². The van der Waals surface area contributed by atoms with Crippen LogP contribution in [0.5, 0.6) is 0 Å². The number of nitrogens with one attached hydrogen (secondary N) is 1. The molecule has 0 fully saturated rings. The highest BCUT2D eigenvalue weighted by Crippen LogP contribution is 2.23. The topological polar surface area (TPSA) is 72.7 Å². The van der Waals surface area contributed by atoms with Crippen molar-refractivity contribution in [2.45, 2.75) is 19.4 Å². The highest BCUT2D eigenvalue weighted by atomic mass is 127. The SMILES string of the molecule is Cc1nnnn1C(Cc1cccc(F)c1)C(=O)Nc1cc(F)c(I)c(F)c1. The molecule has 3 rings (SSSR count). The molecule has 3 aromatic rings. The molecule has 0 aliphatic carbocycles. The molecule has 1 amide bonds. The number of carbonyl (C=O) groups is 1. The second kappa shape index (κ2) is 8.03. The summed E-state index contributed by atoms with van der Waals surface area (Å²) in [6.45, 7) is 1.61. The van der Waals surface area contributed by atoms with Gasteiger partial charge in [-0.1, -0.05) is 12.1 Å². The fourth-order valence-electron chi connectivity index (χ4n) is 2.56. The summed E-state index contributed by atoms with van der Waals surface area (Å²) in [7, 11) is 0. The molecule has 0 bridgehead atoms. The minimum Gasteiger partial charge on any atom is -0.324 e. The fraction of sp³-hybridized carbons (Fsp3) is 0.176. The Labute approximate surface area is 165 Å². The van der Waals surface area contributed by atoms with E-state index in [9.17, 15) is 18.0 Å². The monoisotopic (exact) mass is 487 g/mol. The van der Waals surface area contributed by atoms with Gasteiger partial charge in [-0.05, 0) is 69.8 Å². The standard InChI is InChI=1S/C17H13F3IN5O/c1-9-23-24-25-26(9)15(6-10-3-2-4-11(18)5-10)17(27)22-12-7-13(19)16(21)14(20)8-12/h2-5,7-8,15H,6H2,1H3,(H,22,27). The third-order valence-corrected chi connectivity index (χ3v) is 4.86. The van der Waals surface area contributed by atoms with E-state index in [1.165, 1.54) is 45.5 Å². The third-order valence-electron chi connectivity index (χ3n) is 3.82. The highest BCUT2D eigenvalue weighted by molar-refractivity contribution is 14.1. The lowest BCUT2D eigenvalue weighted by Crippen LogP contribution is -2.29. The molecule has 10 heteroatoms. The average Bonchev–Trinajstić information content (AvgIpc) is 3.03. The Kier molecular flexibility index (Phi) is 5.73. The number of halogens is 4. The predicted octanol–water partition coefficient (Wildman–Crippen LogP) is 3.43. The second-order valence-electron chi connectivity index (χ2n) is 5.76. The van der Waals surface area contributed by atoms with Crippen molar-refractivity contribution in [1.82, 2.24) is 20.2 Å². The van der Waals surface area contributed by atoms with Gasteiger partial charge in [0.05, 0.1) is 3.57 Å². The summed E-state index contributed by atoms with van der Waals surface area (Å²) < 4.78 is 42.1. The summed E-state index contributed by atoms with van der Waals surface area (Å²) in [6.07, 6.45) is 0.0881. The van der Waals surface area contributed by atoms with Crippen LogP contribution in [-0.4, -0.2) is 26.1 Å². The van der Waals surface area contributed by atoms with Crippen LogP contribution in [-0.2, 0) is 11.2 Å². The first kappa shape index (κ1) is 19.3. The number of aryl methyl sites for hydroxylation is 1. The fourth-order valence-corrected chi connectivity index (χ4v) is 2.87. The average molecular weight is 487 g/mol. The van der Waals surface area contributed by atoms with Gasteiger partial charge >= 0.3 is 0 Å². The largest absolute Gasteiger partial charge is 0.324 e. The second-order valence-corrected chi connectivity index (χ2v) is 6.84. The van der Waals surface area contributed by atoms with E-state index >= 15 is 0 Å². The molecule has 0 aliphatic heterocycles. The lowest BCUT2D eigenvalue weighted by molar-refractivity contribution is -0.119. The molecule has 0 radical (unpaired) electrons. The molecule has 0 saturated heterocycles. The number of hydrogen-bond donors (Lipinski definition) is 1. The van der Waals surface area contributed by atoms with E-state index in [4.69, 9.17) is 0 Å². The number of anilines is 1. The van der Waals surface area contributed by atoms with Gasteiger partial charge < -0.3 is 5.32 Å². The van der Waals surface area contributed by atoms with E-state index in [2.05, 4.69) is 20.8 Å². The zero-order valence-corrected chi connectivity index (χ0v) is 16.1. The molecule has 0 aliphatic rings. The van der Waals surface area contributed by atoms with Gasteiger partial charge in [-0.15, -0.1) is 5.10 Å². The van der Waals surface area contributed by atoms with E-state index in [1.54, 1.807) is 13.0 Å². The summed E-state index contributed by atoms with van der Waals surface area (Å²) in [5, 5.41) is 13.5. The van der Waals surface area contributed by atoms with Crippen LogP contribution in [0.15, 0.2) is 36.4 Å². The van der Waals surface area contributed by atoms with E-state index in [1.807, 2.05) is 0 Å². The summed E-state index contributed by atoms with van der Waals surface area (Å²) in [5.74, 6) is -2.24. The van der Waals surface area contributed by atoms with Crippen molar-refractivity contribution in [3.8, 4) is 0 Å². The molecule has 1 atom stereocenters. The maximum atomic E-state index is 13.7. The van der Waals surface area contributed by atoms with Gasteiger partial charge in [0.25, 0.3) is 0 Å². The van der Waals surface area contributed by atoms with Gasteiger partial charge in [-0.3, -0.25) is 4.79 Å². The molecule has 140 valence electrons. The number of tetrazole rings is 1. The van der Waals surface area contributed by atoms with Crippen LogP contribution in [0.3, 0.4) is 0 Å². The van der Waals surface area contributed by atoms with Crippen LogP contribution in [0.2, 0.25) is 0 Å². The molecule has 27 heavy (non-hydrogen) atoms. The lowest BCUT2D eigenvalue weighted by Gasteiger charge is -2.18. The summed E-state index contributed by atoms with van der Waals surface area (Å²) in [4.78, 5) is 12.8. The molecule has 1 unspecified atom stereocenters. The van der Waals surface area contributed by atoms with Crippen molar-refractivity contribution in [3.05, 3.63) is 68.8 Å². The van der Waals surface area contributed by atoms with Crippen molar-refractivity contribution < 1.29 is 18.0 Å². The third kappa shape index (κ3) is 4.43. The summed E-state index contributed by atoms with van der Waals surface area (Å²) in [5.41, 5.74) is 0.510. The first-order valence-corrected chi connectivity index (χ1v) is 8.87. The molecule has 1 aromatic heterocycles. The number of aromatic nitrogens is 4. The Morgan fingerprint density at radius 2 is 1.93 bits per heavy atom. The minimum absolute atomic E-state index is 0.0367. The van der Waals surface area contributed by atoms with Crippen molar-refractivity contribution in [2.75, 3.05) is 5.32 Å². The first-order valence-electron chi connectivity index (χ1n) is 7.79. The van der Waals surface area contributed by atoms with Gasteiger partial charge in [0, 0.05) is 12.1 Å². The molecule has 6 nitrogen and oxygen atoms in total. The van der Waals surface area contributed by atoms with Crippen molar-refractivity contribution in [3.63, 3.8) is 0 Å². The minimum atomic E-state index is -0.938. The predicted molar refractivity (Wildman–Crippen MR) is 99.4 cm³/mol. The van der Waals surface area contributed by atoms with Gasteiger partial charge in [-0.25, -0.2) is 17.9 Å². The van der Waals surface area contributed by atoms with Crippen molar-refractivity contribution in [2.24, 2.45) is 0 Å². The maximum absolute atomic E-state index is 13.7. The molecule has 0 spiro atoms. The normalized spacial score (nSPS) is 12.0. The van der Waals surface area contributed by atoms with Crippen LogP contribution >= 0.6 is 22.6 Å². The van der Waals surface area contributed by atoms with E-state index in [0.717, 1.165) is 12.1 Å². The van der Waals surface area contributed by atoms with Crippen LogP contribution < -0.4 is 5.32 Å². The van der Waals surface area contributed by atoms with Gasteiger partial charge in [0.1, 0.15) is 29.3 Å². The van der Waals surface area contributed by atoms with Gasteiger partial charge in [-0.2, -0.15) is 0 Å². The number of benzene rings is 2. The Morgan fingerprint density at radius 1 is 1.22 bits per heavy atom. The Bertz CT molecular complexity index is 971. The molecule has 1 N–H and O–H groups in total. The van der Waals surface area contributed by atoms with Gasteiger partial charge in [0.2, 0.25) is 5.91 Å². The molecule has 0 saturated carbocycles. The van der Waals surface area contributed by atoms with E-state index in [0.29, 0.717) is 11.4 Å².